The first-order chi connectivity index (χ1) is 12.2. The first-order valence-corrected chi connectivity index (χ1v) is 10.0. The SMILES string of the molecule is O=S(O)CCc1ccc(OCCCc2ccc3c(n2)NCCC3)cc1. The summed E-state index contributed by atoms with van der Waals surface area (Å²) in [6, 6.07) is 12.0. The lowest BCUT2D eigenvalue weighted by Gasteiger charge is -2.17. The summed E-state index contributed by atoms with van der Waals surface area (Å²) in [6.45, 7) is 1.66. The van der Waals surface area contributed by atoms with Crippen molar-refractivity contribution in [2.75, 3.05) is 24.2 Å². The van der Waals surface area contributed by atoms with E-state index >= 15 is 0 Å². The third-order valence-corrected chi connectivity index (χ3v) is 4.84. The Morgan fingerprint density at radius 2 is 2.00 bits per heavy atom. The molecule has 1 aliphatic rings. The van der Waals surface area contributed by atoms with E-state index in [1.54, 1.807) is 0 Å². The average Bonchev–Trinajstić information content (AvgIpc) is 2.64. The topological polar surface area (TPSA) is 71.5 Å². The van der Waals surface area contributed by atoms with Crippen LogP contribution in [0.3, 0.4) is 0 Å². The fourth-order valence-corrected chi connectivity index (χ4v) is 3.32. The van der Waals surface area contributed by atoms with Crippen molar-refractivity contribution < 1.29 is 13.5 Å². The van der Waals surface area contributed by atoms with Crippen LogP contribution in [0.2, 0.25) is 0 Å². The van der Waals surface area contributed by atoms with Crippen LogP contribution in [0.1, 0.15) is 29.7 Å². The van der Waals surface area contributed by atoms with E-state index in [1.807, 2.05) is 24.3 Å². The molecule has 1 atom stereocenters. The van der Waals surface area contributed by atoms with Crippen molar-refractivity contribution in [1.29, 1.82) is 0 Å². The number of aromatic nitrogens is 1. The van der Waals surface area contributed by atoms with Crippen LogP contribution in [0.4, 0.5) is 5.82 Å². The summed E-state index contributed by atoms with van der Waals surface area (Å²) in [5.41, 5.74) is 3.46. The van der Waals surface area contributed by atoms with Gasteiger partial charge >= 0.3 is 0 Å². The highest BCUT2D eigenvalue weighted by Crippen LogP contribution is 2.20. The Morgan fingerprint density at radius 1 is 1.16 bits per heavy atom. The largest absolute Gasteiger partial charge is 0.494 e. The number of hydrogen-bond acceptors (Lipinski definition) is 4. The van der Waals surface area contributed by atoms with E-state index in [0.29, 0.717) is 13.0 Å². The number of ether oxygens (including phenoxy) is 1. The second-order valence-electron chi connectivity index (χ2n) is 6.21. The molecular formula is C19H24N2O3S. The van der Waals surface area contributed by atoms with Crippen molar-refractivity contribution in [3.05, 3.63) is 53.2 Å². The third kappa shape index (κ3) is 5.54. The maximum atomic E-state index is 10.7. The fourth-order valence-electron chi connectivity index (χ4n) is 2.91. The first kappa shape index (κ1) is 17.9. The molecule has 1 aromatic carbocycles. The van der Waals surface area contributed by atoms with Crippen LogP contribution in [0, 0.1) is 0 Å². The van der Waals surface area contributed by atoms with Crippen molar-refractivity contribution in [3.8, 4) is 5.75 Å². The Hall–Kier alpha value is -1.92. The van der Waals surface area contributed by atoms with Gasteiger partial charge in [-0.05, 0) is 61.4 Å². The number of fused-ring (bicyclic) bond motifs is 1. The zero-order chi connectivity index (χ0) is 17.5. The number of aryl methyl sites for hydroxylation is 3. The standard InChI is InChI=1S/C19H24N2O3S/c22-25(23)14-11-15-5-9-18(10-6-15)24-13-2-4-17-8-7-16-3-1-12-20-19(16)21-17/h5-10H,1-4,11-14H2,(H,20,21)(H,22,23). The molecule has 2 N–H and O–H groups in total. The van der Waals surface area contributed by atoms with Crippen LogP contribution in [0.5, 0.6) is 5.75 Å². The summed E-state index contributed by atoms with van der Waals surface area (Å²) in [5, 5.41) is 3.36. The van der Waals surface area contributed by atoms with Crippen LogP contribution >= 0.6 is 0 Å². The van der Waals surface area contributed by atoms with Gasteiger partial charge in [0.05, 0.1) is 12.4 Å². The lowest BCUT2D eigenvalue weighted by Crippen LogP contribution is -2.14. The molecule has 5 nitrogen and oxygen atoms in total. The van der Waals surface area contributed by atoms with Crippen LogP contribution in [-0.4, -0.2) is 32.7 Å². The molecule has 6 heteroatoms. The van der Waals surface area contributed by atoms with E-state index in [-0.39, 0.29) is 5.75 Å². The molecular weight excluding hydrogens is 336 g/mol. The van der Waals surface area contributed by atoms with E-state index in [0.717, 1.165) is 48.6 Å². The van der Waals surface area contributed by atoms with Crippen molar-refractivity contribution in [2.24, 2.45) is 0 Å². The molecule has 2 aromatic rings. The molecule has 1 aliphatic heterocycles. The molecule has 0 aliphatic carbocycles. The van der Waals surface area contributed by atoms with Crippen molar-refractivity contribution in [1.82, 2.24) is 4.98 Å². The molecule has 134 valence electrons. The number of nitrogens with one attached hydrogen (secondary N) is 1. The van der Waals surface area contributed by atoms with Gasteiger partial charge in [0, 0.05) is 12.2 Å². The summed E-state index contributed by atoms with van der Waals surface area (Å²) < 4.78 is 25.3. The van der Waals surface area contributed by atoms with Gasteiger partial charge in [-0.3, -0.25) is 0 Å². The van der Waals surface area contributed by atoms with Crippen LogP contribution in [-0.2, 0) is 30.3 Å². The number of anilines is 1. The highest BCUT2D eigenvalue weighted by Gasteiger charge is 2.10. The summed E-state index contributed by atoms with van der Waals surface area (Å²) >= 11 is -1.74. The summed E-state index contributed by atoms with van der Waals surface area (Å²) in [6.07, 6.45) is 4.70. The Morgan fingerprint density at radius 3 is 2.80 bits per heavy atom. The Kier molecular flexibility index (Phi) is 6.42. The molecule has 0 radical (unpaired) electrons. The van der Waals surface area contributed by atoms with Crippen LogP contribution in [0.15, 0.2) is 36.4 Å². The smallest absolute Gasteiger partial charge is 0.153 e. The van der Waals surface area contributed by atoms with Gasteiger partial charge in [0.25, 0.3) is 0 Å². The van der Waals surface area contributed by atoms with Gasteiger partial charge in [0.2, 0.25) is 0 Å². The monoisotopic (exact) mass is 360 g/mol. The van der Waals surface area contributed by atoms with Gasteiger partial charge < -0.3 is 14.6 Å². The second-order valence-corrected chi connectivity index (χ2v) is 7.26. The maximum Gasteiger partial charge on any atom is 0.153 e. The van der Waals surface area contributed by atoms with Crippen LogP contribution < -0.4 is 10.1 Å². The molecule has 0 saturated heterocycles. The van der Waals surface area contributed by atoms with Gasteiger partial charge in [-0.15, -0.1) is 0 Å². The average molecular weight is 360 g/mol. The van der Waals surface area contributed by atoms with E-state index < -0.39 is 11.1 Å². The van der Waals surface area contributed by atoms with Gasteiger partial charge in [-0.1, -0.05) is 18.2 Å². The Bertz CT molecular complexity index is 719. The minimum atomic E-state index is -1.74. The molecule has 1 aromatic heterocycles. The molecule has 0 bridgehead atoms. The summed E-state index contributed by atoms with van der Waals surface area (Å²) in [7, 11) is 0. The van der Waals surface area contributed by atoms with E-state index in [1.165, 1.54) is 12.0 Å². The predicted molar refractivity (Wildman–Crippen MR) is 101 cm³/mol. The molecule has 0 amide bonds. The molecule has 0 fully saturated rings. The first-order valence-electron chi connectivity index (χ1n) is 8.72. The molecule has 25 heavy (non-hydrogen) atoms. The molecule has 3 rings (SSSR count). The zero-order valence-corrected chi connectivity index (χ0v) is 15.1. The third-order valence-electron chi connectivity index (χ3n) is 4.29. The van der Waals surface area contributed by atoms with Crippen LogP contribution in [0.25, 0.3) is 0 Å². The summed E-state index contributed by atoms with van der Waals surface area (Å²) in [4.78, 5) is 4.69. The van der Waals surface area contributed by atoms with E-state index in [2.05, 4.69) is 17.4 Å². The fraction of sp³-hybridized carbons (Fsp3) is 0.421. The lowest BCUT2D eigenvalue weighted by atomic mass is 10.1. The molecule has 1 unspecified atom stereocenters. The predicted octanol–water partition coefficient (Wildman–Crippen LogP) is 3.22. The maximum absolute atomic E-state index is 10.7. The highest BCUT2D eigenvalue weighted by atomic mass is 32.2. The van der Waals surface area contributed by atoms with Gasteiger partial charge in [-0.25, -0.2) is 9.19 Å². The molecule has 0 saturated carbocycles. The number of hydrogen-bond donors (Lipinski definition) is 2. The zero-order valence-electron chi connectivity index (χ0n) is 14.2. The molecule has 0 spiro atoms. The lowest BCUT2D eigenvalue weighted by molar-refractivity contribution is 0.310. The quantitative estimate of drug-likeness (QED) is 0.559. The van der Waals surface area contributed by atoms with Gasteiger partial charge in [-0.2, -0.15) is 0 Å². The van der Waals surface area contributed by atoms with E-state index in [9.17, 15) is 4.21 Å². The minimum Gasteiger partial charge on any atom is -0.494 e. The normalized spacial score (nSPS) is 14.4. The van der Waals surface area contributed by atoms with E-state index in [4.69, 9.17) is 14.3 Å². The number of benzene rings is 1. The van der Waals surface area contributed by atoms with Crippen molar-refractivity contribution in [3.63, 3.8) is 0 Å². The highest BCUT2D eigenvalue weighted by molar-refractivity contribution is 7.79. The van der Waals surface area contributed by atoms with Gasteiger partial charge in [0.15, 0.2) is 11.1 Å². The summed E-state index contributed by atoms with van der Waals surface area (Å²) in [5.74, 6) is 2.14. The molecule has 2 heterocycles. The Balaban J connectivity index is 1.41. The Labute approximate surface area is 151 Å². The minimum absolute atomic E-state index is 0.267. The number of pyridine rings is 1. The van der Waals surface area contributed by atoms with Gasteiger partial charge in [0.1, 0.15) is 11.6 Å². The second kappa shape index (κ2) is 8.97. The van der Waals surface area contributed by atoms with Crippen molar-refractivity contribution in [2.45, 2.75) is 32.1 Å². The number of rotatable bonds is 8. The van der Waals surface area contributed by atoms with Crippen molar-refractivity contribution >= 4 is 16.9 Å². The number of nitrogens with zero attached hydrogens (tertiary/aromatic N) is 1.